The van der Waals surface area contributed by atoms with Crippen molar-refractivity contribution >= 4 is 5.91 Å². The van der Waals surface area contributed by atoms with Crippen molar-refractivity contribution in [2.75, 3.05) is 6.54 Å². The summed E-state index contributed by atoms with van der Waals surface area (Å²) >= 11 is 0. The largest absolute Gasteiger partial charge is 0.467 e. The van der Waals surface area contributed by atoms with Crippen LogP contribution in [0.15, 0.2) is 51.9 Å². The highest BCUT2D eigenvalue weighted by Gasteiger charge is 2.34. The first-order chi connectivity index (χ1) is 11.3. The lowest BCUT2D eigenvalue weighted by Crippen LogP contribution is -2.24. The van der Waals surface area contributed by atoms with E-state index in [1.807, 2.05) is 24.3 Å². The van der Waals surface area contributed by atoms with Gasteiger partial charge in [0.1, 0.15) is 5.76 Å². The fourth-order valence-corrected chi connectivity index (χ4v) is 2.70. The van der Waals surface area contributed by atoms with E-state index in [1.165, 1.54) is 0 Å². The van der Waals surface area contributed by atoms with E-state index in [0.29, 0.717) is 31.2 Å². The van der Waals surface area contributed by atoms with Crippen LogP contribution in [0, 0.1) is 0 Å². The maximum Gasteiger partial charge on any atom is 0.232 e. The highest BCUT2D eigenvalue weighted by atomic mass is 16.5. The summed E-state index contributed by atoms with van der Waals surface area (Å²) in [7, 11) is 0. The molecule has 116 valence electrons. The van der Waals surface area contributed by atoms with Crippen molar-refractivity contribution in [1.29, 1.82) is 0 Å². The average molecular weight is 310 g/mol. The number of rotatable bonds is 4. The molecular weight excluding hydrogens is 296 g/mol. The number of carbonyl (C=O) groups excluding carboxylic acids is 1. The van der Waals surface area contributed by atoms with Gasteiger partial charge in [0.2, 0.25) is 17.6 Å². The van der Waals surface area contributed by atoms with E-state index in [0.717, 1.165) is 11.3 Å². The second kappa shape index (κ2) is 5.68. The van der Waals surface area contributed by atoms with Crippen molar-refractivity contribution in [2.45, 2.75) is 18.9 Å². The number of pyridine rings is 1. The molecule has 1 aliphatic heterocycles. The monoisotopic (exact) mass is 310 g/mol. The van der Waals surface area contributed by atoms with Crippen molar-refractivity contribution in [1.82, 2.24) is 20.0 Å². The summed E-state index contributed by atoms with van der Waals surface area (Å²) in [5, 5.41) is 3.99. The van der Waals surface area contributed by atoms with Gasteiger partial charge in [-0.3, -0.25) is 9.78 Å². The zero-order valence-electron chi connectivity index (χ0n) is 12.3. The molecule has 1 unspecified atom stereocenters. The summed E-state index contributed by atoms with van der Waals surface area (Å²) in [6, 6.07) is 7.30. The Labute approximate surface area is 131 Å². The molecule has 0 N–H and O–H groups in total. The molecule has 0 spiro atoms. The third kappa shape index (κ3) is 2.73. The molecular formula is C16H14N4O3. The number of nitrogens with zero attached hydrogens (tertiary/aromatic N) is 4. The van der Waals surface area contributed by atoms with Gasteiger partial charge in [-0.15, -0.1) is 0 Å². The highest BCUT2D eigenvalue weighted by Crippen LogP contribution is 2.29. The van der Waals surface area contributed by atoms with Crippen LogP contribution in [0.2, 0.25) is 0 Å². The number of aromatic nitrogens is 3. The predicted octanol–water partition coefficient (Wildman–Crippen LogP) is 2.24. The minimum Gasteiger partial charge on any atom is -0.467 e. The Kier molecular flexibility index (Phi) is 3.38. The molecule has 0 aliphatic carbocycles. The zero-order chi connectivity index (χ0) is 15.6. The number of likely N-dealkylation sites (tertiary alicyclic amines) is 1. The van der Waals surface area contributed by atoms with Crippen molar-refractivity contribution in [3.63, 3.8) is 0 Å². The minimum atomic E-state index is -0.0828. The molecule has 4 heterocycles. The van der Waals surface area contributed by atoms with Gasteiger partial charge in [0.05, 0.1) is 18.7 Å². The third-order valence-electron chi connectivity index (χ3n) is 3.87. The first kappa shape index (κ1) is 13.7. The maximum absolute atomic E-state index is 12.1. The van der Waals surface area contributed by atoms with E-state index >= 15 is 0 Å². The Bertz CT molecular complexity index is 798. The molecule has 4 rings (SSSR count). The second-order valence-corrected chi connectivity index (χ2v) is 5.45. The van der Waals surface area contributed by atoms with Gasteiger partial charge < -0.3 is 13.8 Å². The van der Waals surface area contributed by atoms with Gasteiger partial charge in [-0.2, -0.15) is 4.98 Å². The Hall–Kier alpha value is -2.96. The quantitative estimate of drug-likeness (QED) is 0.734. The smallest absolute Gasteiger partial charge is 0.232 e. The minimum absolute atomic E-state index is 0.0649. The van der Waals surface area contributed by atoms with Crippen molar-refractivity contribution in [2.24, 2.45) is 0 Å². The highest BCUT2D eigenvalue weighted by molar-refractivity contribution is 5.79. The van der Waals surface area contributed by atoms with Crippen LogP contribution in [0.4, 0.5) is 0 Å². The summed E-state index contributed by atoms with van der Waals surface area (Å²) in [4.78, 5) is 22.3. The molecule has 1 amide bonds. The predicted molar refractivity (Wildman–Crippen MR) is 79.0 cm³/mol. The molecule has 3 aromatic rings. The lowest BCUT2D eigenvalue weighted by Gasteiger charge is -2.13. The molecule has 23 heavy (non-hydrogen) atoms. The Balaban J connectivity index is 1.49. The van der Waals surface area contributed by atoms with Crippen LogP contribution in [0.5, 0.6) is 0 Å². The SMILES string of the molecule is O=C1CC(c2nc(-c3ccncc3)no2)CN1Cc1ccco1. The summed E-state index contributed by atoms with van der Waals surface area (Å²) in [5.41, 5.74) is 0.840. The maximum atomic E-state index is 12.1. The number of furan rings is 1. The summed E-state index contributed by atoms with van der Waals surface area (Å²) in [6.45, 7) is 1.02. The van der Waals surface area contributed by atoms with Crippen molar-refractivity contribution in [3.8, 4) is 11.4 Å². The molecule has 0 aromatic carbocycles. The van der Waals surface area contributed by atoms with E-state index in [9.17, 15) is 4.79 Å². The molecule has 0 saturated carbocycles. The van der Waals surface area contributed by atoms with Gasteiger partial charge in [-0.05, 0) is 24.3 Å². The first-order valence-corrected chi connectivity index (χ1v) is 7.34. The fourth-order valence-electron chi connectivity index (χ4n) is 2.70. The topological polar surface area (TPSA) is 85.3 Å². The third-order valence-corrected chi connectivity index (χ3v) is 3.87. The van der Waals surface area contributed by atoms with Gasteiger partial charge in [0, 0.05) is 30.9 Å². The van der Waals surface area contributed by atoms with Gasteiger partial charge in [-0.1, -0.05) is 5.16 Å². The molecule has 1 fully saturated rings. The normalized spacial score (nSPS) is 17.8. The van der Waals surface area contributed by atoms with Gasteiger partial charge >= 0.3 is 0 Å². The lowest BCUT2D eigenvalue weighted by atomic mass is 10.1. The number of amides is 1. The average Bonchev–Trinajstić information content (AvgIpc) is 3.31. The van der Waals surface area contributed by atoms with E-state index in [2.05, 4.69) is 15.1 Å². The lowest BCUT2D eigenvalue weighted by molar-refractivity contribution is -0.128. The number of hydrogen-bond donors (Lipinski definition) is 0. The van der Waals surface area contributed by atoms with Crippen molar-refractivity contribution < 1.29 is 13.7 Å². The van der Waals surface area contributed by atoms with Gasteiger partial charge in [0.15, 0.2) is 0 Å². The van der Waals surface area contributed by atoms with Gasteiger partial charge in [0.25, 0.3) is 0 Å². The Morgan fingerprint density at radius 3 is 2.91 bits per heavy atom. The molecule has 7 nitrogen and oxygen atoms in total. The van der Waals surface area contributed by atoms with Crippen LogP contribution < -0.4 is 0 Å². The molecule has 3 aromatic heterocycles. The van der Waals surface area contributed by atoms with Crippen LogP contribution >= 0.6 is 0 Å². The van der Waals surface area contributed by atoms with Crippen LogP contribution in [0.1, 0.15) is 24.0 Å². The summed E-state index contributed by atoms with van der Waals surface area (Å²) in [6.07, 6.45) is 5.33. The standard InChI is InChI=1S/C16H14N4O3/c21-14-8-12(9-20(14)10-13-2-1-7-22-13)16-18-15(19-23-16)11-3-5-17-6-4-11/h1-7,12H,8-10H2. The molecule has 1 saturated heterocycles. The van der Waals surface area contributed by atoms with E-state index in [1.54, 1.807) is 23.6 Å². The van der Waals surface area contributed by atoms with Gasteiger partial charge in [-0.25, -0.2) is 0 Å². The molecule has 0 bridgehead atoms. The van der Waals surface area contributed by atoms with Crippen LogP contribution in [0.25, 0.3) is 11.4 Å². The molecule has 1 atom stereocenters. The van der Waals surface area contributed by atoms with Crippen LogP contribution in [-0.2, 0) is 11.3 Å². The van der Waals surface area contributed by atoms with E-state index < -0.39 is 0 Å². The molecule has 7 heteroatoms. The fraction of sp³-hybridized carbons (Fsp3) is 0.250. The number of carbonyl (C=O) groups is 1. The van der Waals surface area contributed by atoms with E-state index in [-0.39, 0.29) is 11.8 Å². The summed E-state index contributed by atoms with van der Waals surface area (Å²) < 4.78 is 10.6. The first-order valence-electron chi connectivity index (χ1n) is 7.34. The molecule has 0 radical (unpaired) electrons. The molecule has 1 aliphatic rings. The summed E-state index contributed by atoms with van der Waals surface area (Å²) in [5.74, 6) is 1.75. The zero-order valence-corrected chi connectivity index (χ0v) is 12.3. The number of hydrogen-bond acceptors (Lipinski definition) is 6. The van der Waals surface area contributed by atoms with Crippen LogP contribution in [-0.4, -0.2) is 32.5 Å². The Morgan fingerprint density at radius 2 is 2.13 bits per heavy atom. The van der Waals surface area contributed by atoms with Crippen molar-refractivity contribution in [3.05, 3.63) is 54.6 Å². The van der Waals surface area contributed by atoms with Crippen LogP contribution in [0.3, 0.4) is 0 Å². The Morgan fingerprint density at radius 1 is 1.26 bits per heavy atom. The second-order valence-electron chi connectivity index (χ2n) is 5.45. The van der Waals surface area contributed by atoms with E-state index in [4.69, 9.17) is 8.94 Å².